The van der Waals surface area contributed by atoms with Crippen molar-refractivity contribution in [3.8, 4) is 0 Å². The Morgan fingerprint density at radius 3 is 1.84 bits per heavy atom. The molecule has 1 aliphatic heterocycles. The molecule has 1 aliphatic rings. The van der Waals surface area contributed by atoms with Crippen molar-refractivity contribution >= 4 is 29.2 Å². The van der Waals surface area contributed by atoms with E-state index in [-0.39, 0.29) is 6.03 Å². The third-order valence-electron chi connectivity index (χ3n) is 4.46. The minimum atomic E-state index is 0.0992. The fourth-order valence-electron chi connectivity index (χ4n) is 3.05. The van der Waals surface area contributed by atoms with Crippen LogP contribution in [0.3, 0.4) is 0 Å². The van der Waals surface area contributed by atoms with E-state index >= 15 is 0 Å². The number of anilines is 2. The SMILES string of the molecule is CCCCN(CCCC)C(=O)N1c2ccccc2Sc2ccccc21. The predicted molar refractivity (Wildman–Crippen MR) is 106 cm³/mol. The number of carbonyl (C=O) groups is 1. The van der Waals surface area contributed by atoms with Crippen LogP contribution < -0.4 is 4.90 Å². The van der Waals surface area contributed by atoms with Gasteiger partial charge in [-0.25, -0.2) is 4.79 Å². The third-order valence-corrected chi connectivity index (χ3v) is 5.59. The number of hydrogen-bond acceptors (Lipinski definition) is 2. The molecule has 0 bridgehead atoms. The molecule has 3 nitrogen and oxygen atoms in total. The van der Waals surface area contributed by atoms with Gasteiger partial charge in [-0.15, -0.1) is 0 Å². The van der Waals surface area contributed by atoms with Gasteiger partial charge in [0.15, 0.2) is 0 Å². The molecule has 0 saturated carbocycles. The molecule has 0 aromatic heterocycles. The molecule has 0 spiro atoms. The zero-order valence-electron chi connectivity index (χ0n) is 15.1. The second-order valence-corrected chi connectivity index (χ2v) is 7.43. The number of carbonyl (C=O) groups excluding carboxylic acids is 1. The van der Waals surface area contributed by atoms with Gasteiger partial charge in [-0.3, -0.25) is 4.90 Å². The van der Waals surface area contributed by atoms with E-state index in [0.717, 1.165) is 59.9 Å². The Hall–Kier alpha value is -1.94. The highest BCUT2D eigenvalue weighted by molar-refractivity contribution is 7.99. The number of hydrogen-bond donors (Lipinski definition) is 0. The number of benzene rings is 2. The average molecular weight is 355 g/mol. The first kappa shape index (κ1) is 17.9. The van der Waals surface area contributed by atoms with Crippen LogP contribution in [0, 0.1) is 0 Å². The Morgan fingerprint density at radius 2 is 1.36 bits per heavy atom. The smallest absolute Gasteiger partial charge is 0.324 e. The van der Waals surface area contributed by atoms with Gasteiger partial charge in [0.1, 0.15) is 0 Å². The van der Waals surface area contributed by atoms with E-state index in [4.69, 9.17) is 0 Å². The van der Waals surface area contributed by atoms with Crippen molar-refractivity contribution in [2.24, 2.45) is 0 Å². The topological polar surface area (TPSA) is 23.6 Å². The predicted octanol–water partition coefficient (Wildman–Crippen LogP) is 6.31. The molecule has 0 N–H and O–H groups in total. The zero-order chi connectivity index (χ0) is 17.6. The lowest BCUT2D eigenvalue weighted by molar-refractivity contribution is 0.205. The second kappa shape index (κ2) is 8.43. The van der Waals surface area contributed by atoms with Gasteiger partial charge >= 0.3 is 6.03 Å². The van der Waals surface area contributed by atoms with Crippen LogP contribution in [0.5, 0.6) is 0 Å². The van der Waals surface area contributed by atoms with Gasteiger partial charge in [0, 0.05) is 22.9 Å². The Labute approximate surface area is 155 Å². The maximum Gasteiger partial charge on any atom is 0.329 e. The van der Waals surface area contributed by atoms with Crippen molar-refractivity contribution in [3.63, 3.8) is 0 Å². The summed E-state index contributed by atoms with van der Waals surface area (Å²) in [6, 6.07) is 16.5. The Balaban J connectivity index is 1.97. The van der Waals surface area contributed by atoms with E-state index in [1.165, 1.54) is 0 Å². The van der Waals surface area contributed by atoms with E-state index in [9.17, 15) is 4.79 Å². The van der Waals surface area contributed by atoms with E-state index in [2.05, 4.69) is 26.0 Å². The van der Waals surface area contributed by atoms with Crippen LogP contribution in [0.25, 0.3) is 0 Å². The summed E-state index contributed by atoms with van der Waals surface area (Å²) in [6.45, 7) is 5.99. The fraction of sp³-hybridized carbons (Fsp3) is 0.381. The van der Waals surface area contributed by atoms with Crippen LogP contribution in [0.4, 0.5) is 16.2 Å². The van der Waals surface area contributed by atoms with Crippen molar-refractivity contribution in [1.29, 1.82) is 0 Å². The van der Waals surface area contributed by atoms with Crippen LogP contribution in [-0.4, -0.2) is 24.0 Å². The van der Waals surface area contributed by atoms with E-state index in [1.54, 1.807) is 11.8 Å². The maximum atomic E-state index is 13.5. The average Bonchev–Trinajstić information content (AvgIpc) is 2.65. The maximum absolute atomic E-state index is 13.5. The standard InChI is InChI=1S/C21H26N2OS/c1-3-5-15-22(16-6-4-2)21(24)23-17-11-7-9-13-19(17)25-20-14-10-8-12-18(20)23/h7-14H,3-6,15-16H2,1-2H3. The summed E-state index contributed by atoms with van der Waals surface area (Å²) in [5.74, 6) is 0. The summed E-state index contributed by atoms with van der Waals surface area (Å²) in [5.41, 5.74) is 1.99. The molecule has 132 valence electrons. The molecule has 25 heavy (non-hydrogen) atoms. The van der Waals surface area contributed by atoms with Crippen LogP contribution in [-0.2, 0) is 0 Å². The molecule has 0 fully saturated rings. The molecule has 4 heteroatoms. The Morgan fingerprint density at radius 1 is 0.880 bits per heavy atom. The molecule has 2 aromatic carbocycles. The summed E-state index contributed by atoms with van der Waals surface area (Å²) in [7, 11) is 0. The number of para-hydroxylation sites is 2. The van der Waals surface area contributed by atoms with Crippen molar-refractivity contribution in [3.05, 3.63) is 48.5 Å². The van der Waals surface area contributed by atoms with Crippen LogP contribution in [0.1, 0.15) is 39.5 Å². The Bertz CT molecular complexity index is 678. The molecule has 2 aromatic rings. The normalized spacial score (nSPS) is 12.5. The highest BCUT2D eigenvalue weighted by atomic mass is 32.2. The summed E-state index contributed by atoms with van der Waals surface area (Å²) in [5, 5.41) is 0. The fourth-order valence-corrected chi connectivity index (χ4v) is 4.11. The van der Waals surface area contributed by atoms with Gasteiger partial charge in [0.2, 0.25) is 0 Å². The molecule has 0 radical (unpaired) electrons. The first-order valence-electron chi connectivity index (χ1n) is 9.21. The largest absolute Gasteiger partial charge is 0.329 e. The minimum Gasteiger partial charge on any atom is -0.324 e. The Kier molecular flexibility index (Phi) is 6.03. The molecule has 2 amide bonds. The van der Waals surface area contributed by atoms with Gasteiger partial charge < -0.3 is 4.90 Å². The quantitative estimate of drug-likeness (QED) is 0.607. The number of urea groups is 1. The van der Waals surface area contributed by atoms with Gasteiger partial charge in [0.25, 0.3) is 0 Å². The molecule has 0 aliphatic carbocycles. The lowest BCUT2D eigenvalue weighted by Crippen LogP contribution is -2.42. The van der Waals surface area contributed by atoms with Gasteiger partial charge in [-0.05, 0) is 37.1 Å². The van der Waals surface area contributed by atoms with Crippen molar-refractivity contribution in [2.45, 2.75) is 49.3 Å². The number of nitrogens with zero attached hydrogens (tertiary/aromatic N) is 2. The minimum absolute atomic E-state index is 0.0992. The summed E-state index contributed by atoms with van der Waals surface area (Å²) in [6.07, 6.45) is 4.28. The molecule has 0 atom stereocenters. The third kappa shape index (κ3) is 3.84. The first-order valence-corrected chi connectivity index (χ1v) is 10.0. The van der Waals surface area contributed by atoms with Gasteiger partial charge in [-0.1, -0.05) is 62.7 Å². The van der Waals surface area contributed by atoms with Crippen molar-refractivity contribution in [1.82, 2.24) is 4.90 Å². The molecular weight excluding hydrogens is 328 g/mol. The highest BCUT2D eigenvalue weighted by Gasteiger charge is 2.30. The summed E-state index contributed by atoms with van der Waals surface area (Å²) >= 11 is 1.74. The first-order chi connectivity index (χ1) is 12.3. The van der Waals surface area contributed by atoms with Crippen LogP contribution in [0.15, 0.2) is 58.3 Å². The molecule has 0 unspecified atom stereocenters. The van der Waals surface area contributed by atoms with E-state index in [1.807, 2.05) is 46.2 Å². The molecular formula is C21H26N2OS. The lowest BCUT2D eigenvalue weighted by Gasteiger charge is -2.35. The number of unbranched alkanes of at least 4 members (excludes halogenated alkanes) is 2. The molecule has 3 rings (SSSR count). The van der Waals surface area contributed by atoms with E-state index in [0.29, 0.717) is 0 Å². The van der Waals surface area contributed by atoms with Crippen LogP contribution >= 0.6 is 11.8 Å². The molecule has 1 heterocycles. The highest BCUT2D eigenvalue weighted by Crippen LogP contribution is 2.48. The van der Waals surface area contributed by atoms with Crippen molar-refractivity contribution in [2.75, 3.05) is 18.0 Å². The number of fused-ring (bicyclic) bond motifs is 2. The van der Waals surface area contributed by atoms with E-state index < -0.39 is 0 Å². The summed E-state index contributed by atoms with van der Waals surface area (Å²) < 4.78 is 0. The summed E-state index contributed by atoms with van der Waals surface area (Å²) in [4.78, 5) is 19.7. The van der Waals surface area contributed by atoms with Gasteiger partial charge in [0.05, 0.1) is 11.4 Å². The van der Waals surface area contributed by atoms with Crippen molar-refractivity contribution < 1.29 is 4.79 Å². The number of amides is 2. The molecule has 0 saturated heterocycles. The monoisotopic (exact) mass is 354 g/mol. The lowest BCUT2D eigenvalue weighted by atomic mass is 10.2. The number of rotatable bonds is 6. The second-order valence-electron chi connectivity index (χ2n) is 6.35. The zero-order valence-corrected chi connectivity index (χ0v) is 15.9. The van der Waals surface area contributed by atoms with Gasteiger partial charge in [-0.2, -0.15) is 0 Å². The van der Waals surface area contributed by atoms with Crippen LogP contribution in [0.2, 0.25) is 0 Å².